The van der Waals surface area contributed by atoms with Gasteiger partial charge in [-0.05, 0) is 50.3 Å². The molecule has 16 heavy (non-hydrogen) atoms. The summed E-state index contributed by atoms with van der Waals surface area (Å²) in [7, 11) is 0. The Morgan fingerprint density at radius 3 is 2.81 bits per heavy atom. The lowest BCUT2D eigenvalue weighted by atomic mass is 10.1. The number of nitrogens with two attached hydrogens (primary N) is 1. The Bertz CT molecular complexity index is 310. The van der Waals surface area contributed by atoms with Gasteiger partial charge in [-0.1, -0.05) is 30.3 Å². The second-order valence-corrected chi connectivity index (χ2v) is 4.90. The number of benzene rings is 1. The summed E-state index contributed by atoms with van der Waals surface area (Å²) in [6.07, 6.45) is 2.41. The predicted octanol–water partition coefficient (Wildman–Crippen LogP) is 2.12. The molecule has 1 aliphatic carbocycles. The Labute approximate surface area is 98.2 Å². The lowest BCUT2D eigenvalue weighted by molar-refractivity contribution is 0.500. The van der Waals surface area contributed by atoms with Gasteiger partial charge in [-0.15, -0.1) is 0 Å². The Balaban J connectivity index is 1.72. The van der Waals surface area contributed by atoms with Gasteiger partial charge in [-0.2, -0.15) is 0 Å². The van der Waals surface area contributed by atoms with Gasteiger partial charge < -0.3 is 11.1 Å². The minimum absolute atomic E-state index is 0.557. The molecule has 2 rings (SSSR count). The van der Waals surface area contributed by atoms with Crippen LogP contribution in [-0.4, -0.2) is 19.1 Å². The monoisotopic (exact) mass is 218 g/mol. The van der Waals surface area contributed by atoms with Crippen LogP contribution in [0.25, 0.3) is 0 Å². The van der Waals surface area contributed by atoms with Crippen LogP contribution in [0.3, 0.4) is 0 Å². The van der Waals surface area contributed by atoms with Gasteiger partial charge in [0.25, 0.3) is 0 Å². The summed E-state index contributed by atoms with van der Waals surface area (Å²) < 4.78 is 0. The summed E-state index contributed by atoms with van der Waals surface area (Å²) in [4.78, 5) is 0. The molecule has 0 heterocycles. The Morgan fingerprint density at radius 1 is 1.38 bits per heavy atom. The fourth-order valence-corrected chi connectivity index (χ4v) is 2.29. The topological polar surface area (TPSA) is 38.0 Å². The van der Waals surface area contributed by atoms with Gasteiger partial charge in [0.15, 0.2) is 0 Å². The molecule has 0 radical (unpaired) electrons. The molecule has 2 nitrogen and oxygen atoms in total. The first-order chi connectivity index (χ1) is 7.81. The van der Waals surface area contributed by atoms with Crippen molar-refractivity contribution in [2.75, 3.05) is 13.1 Å². The highest BCUT2D eigenvalue weighted by molar-refractivity contribution is 5.25. The van der Waals surface area contributed by atoms with E-state index in [0.29, 0.717) is 6.04 Å². The summed E-state index contributed by atoms with van der Waals surface area (Å²) in [6, 6.07) is 11.4. The van der Waals surface area contributed by atoms with Gasteiger partial charge in [-0.3, -0.25) is 0 Å². The van der Waals surface area contributed by atoms with Gasteiger partial charge in [0.2, 0.25) is 0 Å². The second kappa shape index (κ2) is 5.46. The van der Waals surface area contributed by atoms with E-state index in [1.54, 1.807) is 0 Å². The first-order valence-corrected chi connectivity index (χ1v) is 6.29. The first-order valence-electron chi connectivity index (χ1n) is 6.29. The molecular formula is C14H22N2. The van der Waals surface area contributed by atoms with E-state index in [1.165, 1.54) is 12.0 Å². The molecule has 1 aromatic carbocycles. The number of hydrogen-bond donors (Lipinski definition) is 2. The summed E-state index contributed by atoms with van der Waals surface area (Å²) in [5.41, 5.74) is 7.03. The van der Waals surface area contributed by atoms with E-state index in [0.717, 1.165) is 31.3 Å². The quantitative estimate of drug-likeness (QED) is 0.767. The molecule has 1 fully saturated rings. The van der Waals surface area contributed by atoms with Crippen molar-refractivity contribution in [3.63, 3.8) is 0 Å². The third-order valence-electron chi connectivity index (χ3n) is 3.48. The van der Waals surface area contributed by atoms with E-state index >= 15 is 0 Å². The SMILES string of the molecule is CC(CCN)NCC1CC1c1ccccc1. The zero-order chi connectivity index (χ0) is 11.4. The molecule has 0 saturated heterocycles. The van der Waals surface area contributed by atoms with Crippen LogP contribution in [0.1, 0.15) is 31.2 Å². The van der Waals surface area contributed by atoms with E-state index in [2.05, 4.69) is 42.6 Å². The molecule has 1 aliphatic rings. The molecule has 1 aromatic rings. The van der Waals surface area contributed by atoms with Crippen molar-refractivity contribution in [1.29, 1.82) is 0 Å². The van der Waals surface area contributed by atoms with Gasteiger partial charge in [0.05, 0.1) is 0 Å². The van der Waals surface area contributed by atoms with Crippen molar-refractivity contribution in [3.05, 3.63) is 35.9 Å². The lowest BCUT2D eigenvalue weighted by Crippen LogP contribution is -2.30. The molecule has 3 unspecified atom stereocenters. The molecule has 3 N–H and O–H groups in total. The van der Waals surface area contributed by atoms with E-state index < -0.39 is 0 Å². The third-order valence-corrected chi connectivity index (χ3v) is 3.48. The van der Waals surface area contributed by atoms with Crippen molar-refractivity contribution in [2.24, 2.45) is 11.7 Å². The Kier molecular flexibility index (Phi) is 3.97. The summed E-state index contributed by atoms with van der Waals surface area (Å²) in [5, 5.41) is 3.57. The van der Waals surface area contributed by atoms with Crippen LogP contribution in [0.2, 0.25) is 0 Å². The third kappa shape index (κ3) is 3.06. The first kappa shape index (κ1) is 11.6. The van der Waals surface area contributed by atoms with Crippen molar-refractivity contribution in [1.82, 2.24) is 5.32 Å². The maximum atomic E-state index is 5.53. The van der Waals surface area contributed by atoms with E-state index in [-0.39, 0.29) is 0 Å². The molecule has 0 spiro atoms. The maximum Gasteiger partial charge on any atom is 0.00508 e. The zero-order valence-electron chi connectivity index (χ0n) is 10.0. The van der Waals surface area contributed by atoms with Crippen molar-refractivity contribution >= 4 is 0 Å². The molecule has 0 bridgehead atoms. The van der Waals surface area contributed by atoms with Crippen LogP contribution in [0.15, 0.2) is 30.3 Å². The highest BCUT2D eigenvalue weighted by Gasteiger charge is 2.37. The van der Waals surface area contributed by atoms with Crippen LogP contribution in [0.4, 0.5) is 0 Å². The highest BCUT2D eigenvalue weighted by atomic mass is 14.9. The summed E-state index contributed by atoms with van der Waals surface area (Å²) in [5.74, 6) is 1.63. The average Bonchev–Trinajstić information content (AvgIpc) is 3.07. The van der Waals surface area contributed by atoms with Gasteiger partial charge >= 0.3 is 0 Å². The van der Waals surface area contributed by atoms with Crippen LogP contribution >= 0.6 is 0 Å². The van der Waals surface area contributed by atoms with Crippen molar-refractivity contribution in [3.8, 4) is 0 Å². The smallest absolute Gasteiger partial charge is 0.00508 e. The van der Waals surface area contributed by atoms with Crippen LogP contribution in [-0.2, 0) is 0 Å². The van der Waals surface area contributed by atoms with Crippen LogP contribution in [0, 0.1) is 5.92 Å². The molecular weight excluding hydrogens is 196 g/mol. The molecule has 0 aromatic heterocycles. The molecule has 88 valence electrons. The molecule has 0 amide bonds. The van der Waals surface area contributed by atoms with Crippen molar-refractivity contribution < 1.29 is 0 Å². The number of nitrogens with one attached hydrogen (secondary N) is 1. The fourth-order valence-electron chi connectivity index (χ4n) is 2.29. The largest absolute Gasteiger partial charge is 0.330 e. The summed E-state index contributed by atoms with van der Waals surface area (Å²) in [6.45, 7) is 4.13. The fraction of sp³-hybridized carbons (Fsp3) is 0.571. The zero-order valence-corrected chi connectivity index (χ0v) is 10.0. The van der Waals surface area contributed by atoms with Gasteiger partial charge in [0.1, 0.15) is 0 Å². The second-order valence-electron chi connectivity index (χ2n) is 4.90. The van der Waals surface area contributed by atoms with Crippen LogP contribution in [0.5, 0.6) is 0 Å². The summed E-state index contributed by atoms with van der Waals surface area (Å²) >= 11 is 0. The maximum absolute atomic E-state index is 5.53. The highest BCUT2D eigenvalue weighted by Crippen LogP contribution is 2.46. The standard InChI is InChI=1S/C14H22N2/c1-11(7-8-15)16-10-13-9-14(13)12-5-3-2-4-6-12/h2-6,11,13-14,16H,7-10,15H2,1H3. The van der Waals surface area contributed by atoms with Gasteiger partial charge in [0, 0.05) is 6.04 Å². The average molecular weight is 218 g/mol. The van der Waals surface area contributed by atoms with E-state index in [4.69, 9.17) is 5.73 Å². The van der Waals surface area contributed by atoms with Crippen molar-refractivity contribution in [2.45, 2.75) is 31.7 Å². The van der Waals surface area contributed by atoms with Crippen LogP contribution < -0.4 is 11.1 Å². The normalized spacial score (nSPS) is 25.4. The Morgan fingerprint density at radius 2 is 2.12 bits per heavy atom. The Hall–Kier alpha value is -0.860. The minimum Gasteiger partial charge on any atom is -0.330 e. The molecule has 0 aliphatic heterocycles. The number of hydrogen-bond acceptors (Lipinski definition) is 2. The number of rotatable bonds is 6. The van der Waals surface area contributed by atoms with E-state index in [9.17, 15) is 0 Å². The lowest BCUT2D eigenvalue weighted by Gasteiger charge is -2.12. The minimum atomic E-state index is 0.557. The van der Waals surface area contributed by atoms with E-state index in [1.807, 2.05) is 0 Å². The predicted molar refractivity (Wildman–Crippen MR) is 68.4 cm³/mol. The molecule has 1 saturated carbocycles. The molecule has 3 atom stereocenters. The molecule has 2 heteroatoms. The van der Waals surface area contributed by atoms with Gasteiger partial charge in [-0.25, -0.2) is 0 Å².